The second-order valence-electron chi connectivity index (χ2n) is 18.3. The molecule has 2 aliphatic heterocycles. The van der Waals surface area contributed by atoms with Crippen LogP contribution in [0.5, 0.6) is 0 Å². The van der Waals surface area contributed by atoms with Crippen molar-refractivity contribution in [2.75, 3.05) is 9.80 Å². The number of thiophene rings is 2. The molecule has 4 aliphatic rings. The minimum Gasteiger partial charge on any atom is -0.310 e. The fourth-order valence-electron chi connectivity index (χ4n) is 9.55. The highest BCUT2D eigenvalue weighted by molar-refractivity contribution is 7.39. The summed E-state index contributed by atoms with van der Waals surface area (Å²) in [6.07, 6.45) is 12.7. The van der Waals surface area contributed by atoms with Crippen LogP contribution in [0.2, 0.25) is 0 Å². The first-order chi connectivity index (χ1) is 26.9. The van der Waals surface area contributed by atoms with Crippen molar-refractivity contribution in [1.29, 1.82) is 0 Å². The minimum atomic E-state index is 0.0727. The summed E-state index contributed by atoms with van der Waals surface area (Å²) >= 11 is 4.07. The second kappa shape index (κ2) is 12.0. The molecule has 1 unspecified atom stereocenters. The molecule has 56 heavy (non-hydrogen) atoms. The minimum absolute atomic E-state index is 0.0727. The van der Waals surface area contributed by atoms with E-state index in [1.807, 2.05) is 11.3 Å². The molecule has 0 amide bonds. The van der Waals surface area contributed by atoms with Gasteiger partial charge in [0, 0.05) is 58.7 Å². The van der Waals surface area contributed by atoms with Gasteiger partial charge < -0.3 is 9.80 Å². The molecule has 11 rings (SSSR count). The van der Waals surface area contributed by atoms with Crippen molar-refractivity contribution in [2.45, 2.75) is 65.7 Å². The maximum atomic E-state index is 2.63. The first kappa shape index (κ1) is 34.2. The highest BCUT2D eigenvalue weighted by Crippen LogP contribution is 2.52. The fourth-order valence-corrected chi connectivity index (χ4v) is 12.4. The van der Waals surface area contributed by atoms with Gasteiger partial charge in [0.15, 0.2) is 0 Å². The van der Waals surface area contributed by atoms with Gasteiger partial charge in [-0.25, -0.2) is 0 Å². The summed E-state index contributed by atoms with van der Waals surface area (Å²) in [5, 5.41) is 3.92. The molecule has 0 N–H and O–H groups in total. The topological polar surface area (TPSA) is 6.48 Å². The predicted molar refractivity (Wildman–Crippen MR) is 247 cm³/mol. The van der Waals surface area contributed by atoms with Gasteiger partial charge in [-0.3, -0.25) is 0 Å². The van der Waals surface area contributed by atoms with E-state index in [0.717, 1.165) is 6.42 Å². The predicted octanol–water partition coefficient (Wildman–Crippen LogP) is 12.8. The van der Waals surface area contributed by atoms with Crippen LogP contribution in [0.4, 0.5) is 34.1 Å². The van der Waals surface area contributed by atoms with Crippen LogP contribution in [0.1, 0.15) is 68.7 Å². The summed E-state index contributed by atoms with van der Waals surface area (Å²) in [7, 11) is 0. The molecule has 0 spiro atoms. The molecule has 274 valence electrons. The molecule has 2 aliphatic carbocycles. The zero-order chi connectivity index (χ0) is 38.2. The third-order valence-electron chi connectivity index (χ3n) is 12.5. The summed E-state index contributed by atoms with van der Waals surface area (Å²) < 4.78 is 4.26. The van der Waals surface area contributed by atoms with Crippen LogP contribution in [0.3, 0.4) is 0 Å². The lowest BCUT2D eigenvalue weighted by Crippen LogP contribution is -2.59. The molecule has 0 bridgehead atoms. The summed E-state index contributed by atoms with van der Waals surface area (Å²) in [6, 6.07) is 37.5. The van der Waals surface area contributed by atoms with E-state index in [0.29, 0.717) is 5.92 Å². The number of hydrogen-bond donors (Lipinski definition) is 0. The van der Waals surface area contributed by atoms with Crippen molar-refractivity contribution in [1.82, 2.24) is 0 Å². The first-order valence-electron chi connectivity index (χ1n) is 20.1. The lowest BCUT2D eigenvalue weighted by Gasteiger charge is -2.42. The van der Waals surface area contributed by atoms with Crippen molar-refractivity contribution in [3.8, 4) is 0 Å². The molecule has 1 atom stereocenters. The molecule has 0 fully saturated rings. The number of anilines is 6. The Morgan fingerprint density at radius 1 is 0.661 bits per heavy atom. The van der Waals surface area contributed by atoms with Crippen molar-refractivity contribution in [3.05, 3.63) is 154 Å². The van der Waals surface area contributed by atoms with E-state index in [2.05, 4.69) is 197 Å². The zero-order valence-corrected chi connectivity index (χ0v) is 34.8. The smallest absolute Gasteiger partial charge is 0.277 e. The van der Waals surface area contributed by atoms with Crippen LogP contribution in [-0.4, -0.2) is 6.71 Å². The monoisotopic (exact) mass is 760 g/mol. The van der Waals surface area contributed by atoms with Gasteiger partial charge in [-0.15, -0.1) is 11.3 Å². The average Bonchev–Trinajstić information content (AvgIpc) is 3.73. The molecular formula is C51H45BN2S2. The number of nitrogens with zero attached hydrogens (tertiary/aromatic N) is 2. The van der Waals surface area contributed by atoms with Gasteiger partial charge in [-0.05, 0) is 117 Å². The molecule has 0 radical (unpaired) electrons. The van der Waals surface area contributed by atoms with E-state index < -0.39 is 0 Å². The van der Waals surface area contributed by atoms with Crippen LogP contribution in [0.15, 0.2) is 127 Å². The number of allylic oxidation sites excluding steroid dienone is 5. The Morgan fingerprint density at radius 3 is 1.88 bits per heavy atom. The zero-order valence-electron chi connectivity index (χ0n) is 33.2. The van der Waals surface area contributed by atoms with E-state index in [1.54, 1.807) is 0 Å². The third-order valence-corrected chi connectivity index (χ3v) is 15.0. The fraction of sp³-hybridized carbons (Fsp3) is 0.216. The van der Waals surface area contributed by atoms with Gasteiger partial charge in [0.1, 0.15) is 0 Å². The third kappa shape index (κ3) is 5.06. The highest BCUT2D eigenvalue weighted by atomic mass is 32.1. The van der Waals surface area contributed by atoms with Crippen molar-refractivity contribution >= 4 is 105 Å². The molecule has 7 aromatic rings. The highest BCUT2D eigenvalue weighted by Gasteiger charge is 2.48. The Bertz CT molecular complexity index is 2870. The van der Waals surface area contributed by atoms with E-state index in [4.69, 9.17) is 0 Å². The molecule has 5 aromatic carbocycles. The largest absolute Gasteiger partial charge is 0.310 e. The standard InChI is InChI=1S/C51H45BN2S2/c1-30-24-41-45-42(25-30)54(38-22-18-36(19-23-38)51(5,6)7)47-40-27-32-13-9-11-15-34(32)29-44(40)56-49(47)52(45)48-46(53(41)37-20-16-35(17-21-37)50(2,3)4)39-26-31-12-8-10-14-33(31)28-43(39)55-48/h8-28,34H,29H2,1-7H3. The summed E-state index contributed by atoms with van der Waals surface area (Å²) in [5.74, 6) is 0.428. The van der Waals surface area contributed by atoms with E-state index in [-0.39, 0.29) is 17.5 Å². The van der Waals surface area contributed by atoms with Crippen molar-refractivity contribution in [2.24, 2.45) is 5.92 Å². The first-order valence-corrected chi connectivity index (χ1v) is 21.7. The van der Waals surface area contributed by atoms with Crippen LogP contribution in [-0.2, 0) is 17.3 Å². The van der Waals surface area contributed by atoms with Crippen molar-refractivity contribution < 1.29 is 0 Å². The maximum absolute atomic E-state index is 2.63. The Labute approximate surface area is 339 Å². The van der Waals surface area contributed by atoms with E-state index in [1.165, 1.54) is 103 Å². The molecule has 0 saturated carbocycles. The second-order valence-corrected chi connectivity index (χ2v) is 20.5. The van der Waals surface area contributed by atoms with Crippen LogP contribution in [0, 0.1) is 12.8 Å². The molecule has 4 heterocycles. The number of rotatable bonds is 2. The van der Waals surface area contributed by atoms with Gasteiger partial charge in [0.2, 0.25) is 0 Å². The van der Waals surface area contributed by atoms with Gasteiger partial charge in [-0.2, -0.15) is 11.3 Å². The molecule has 2 aromatic heterocycles. The van der Waals surface area contributed by atoms with Gasteiger partial charge in [-0.1, -0.05) is 114 Å². The maximum Gasteiger partial charge on any atom is 0.277 e. The lowest BCUT2D eigenvalue weighted by molar-refractivity contribution is 0.590. The quantitative estimate of drug-likeness (QED) is 0.162. The molecule has 5 heteroatoms. The van der Waals surface area contributed by atoms with Crippen molar-refractivity contribution in [3.63, 3.8) is 0 Å². The molecule has 2 nitrogen and oxygen atoms in total. The molecular weight excluding hydrogens is 716 g/mol. The normalized spacial score (nSPS) is 16.8. The van der Waals surface area contributed by atoms with E-state index >= 15 is 0 Å². The van der Waals surface area contributed by atoms with Gasteiger partial charge >= 0.3 is 0 Å². The number of fused-ring (bicyclic) bond motifs is 10. The Hall–Kier alpha value is -5.10. The SMILES string of the molecule is Cc1cc2c3c(c1)N(c1ccc(C(C)(C)C)cc1)c1c(sc4cc5ccccc5cc14)B3c1sc3c(c1N2c1ccc(C(C)(C)C)cc1)C=C1C=CC=CC1C3. The Kier molecular flexibility index (Phi) is 7.30. The molecule has 0 saturated heterocycles. The Balaban J connectivity index is 1.23. The number of aryl methyl sites for hydroxylation is 1. The van der Waals surface area contributed by atoms with Gasteiger partial charge in [0.05, 0.1) is 11.4 Å². The van der Waals surface area contributed by atoms with Crippen LogP contribution < -0.4 is 24.8 Å². The summed E-state index contributed by atoms with van der Waals surface area (Å²) in [5.41, 5.74) is 16.1. The van der Waals surface area contributed by atoms with Crippen LogP contribution >= 0.6 is 22.7 Å². The summed E-state index contributed by atoms with van der Waals surface area (Å²) in [4.78, 5) is 6.75. The van der Waals surface area contributed by atoms with E-state index in [9.17, 15) is 0 Å². The number of hydrogen-bond acceptors (Lipinski definition) is 4. The lowest BCUT2D eigenvalue weighted by atomic mass is 9.39. The van der Waals surface area contributed by atoms with Gasteiger partial charge in [0.25, 0.3) is 6.71 Å². The van der Waals surface area contributed by atoms with Crippen LogP contribution in [0.25, 0.3) is 26.9 Å². The summed E-state index contributed by atoms with van der Waals surface area (Å²) in [6.45, 7) is 16.2. The number of benzene rings is 5. The Morgan fingerprint density at radius 2 is 1.25 bits per heavy atom. The average molecular weight is 761 g/mol.